The number of aliphatic imine (C=N–C) groups is 2. The Morgan fingerprint density at radius 2 is 1.47 bits per heavy atom. The van der Waals surface area contributed by atoms with Crippen molar-refractivity contribution in [1.82, 2.24) is 46.8 Å². The van der Waals surface area contributed by atoms with Crippen LogP contribution in [-0.2, 0) is 49.6 Å². The van der Waals surface area contributed by atoms with Gasteiger partial charge in [0.2, 0.25) is 29.5 Å². The lowest BCUT2D eigenvalue weighted by atomic mass is 10.0. The van der Waals surface area contributed by atoms with Gasteiger partial charge in [0.15, 0.2) is 5.96 Å². The molecule has 29 heteroatoms. The number of likely N-dealkylation sites (tertiary alicyclic amines) is 1. The fourth-order valence-corrected chi connectivity index (χ4v) is 7.39. The summed E-state index contributed by atoms with van der Waals surface area (Å²) in [4.78, 5) is 136. The molecule has 2 heterocycles. The molecule has 2 rings (SSSR count). The molecule has 9 amide bonds. The fourth-order valence-electron chi connectivity index (χ4n) is 7.39. The van der Waals surface area contributed by atoms with Gasteiger partial charge in [0.1, 0.15) is 41.6 Å². The van der Waals surface area contributed by atoms with Gasteiger partial charge in [-0.25, -0.2) is 15.0 Å². The third-order valence-corrected chi connectivity index (χ3v) is 11.5. The van der Waals surface area contributed by atoms with Crippen LogP contribution < -0.4 is 72.0 Å². The summed E-state index contributed by atoms with van der Waals surface area (Å²) < 4.78 is 0. The number of H-pyrrole nitrogens is 1. The molecule has 1 saturated heterocycles. The monoisotopic (exact) mass is 1030 g/mol. The van der Waals surface area contributed by atoms with E-state index in [1.165, 1.54) is 24.3 Å². The zero-order valence-corrected chi connectivity index (χ0v) is 41.5. The van der Waals surface area contributed by atoms with E-state index in [0.717, 1.165) is 0 Å². The lowest BCUT2D eigenvalue weighted by Crippen LogP contribution is -2.60. The van der Waals surface area contributed by atoms with Crippen LogP contribution in [0.25, 0.3) is 0 Å². The van der Waals surface area contributed by atoms with Crippen LogP contribution in [0, 0.1) is 5.41 Å². The van der Waals surface area contributed by atoms with Crippen molar-refractivity contribution in [3.63, 3.8) is 0 Å². The highest BCUT2D eigenvalue weighted by Gasteiger charge is 2.38. The number of aliphatic hydroxyl groups is 1. The van der Waals surface area contributed by atoms with E-state index in [4.69, 9.17) is 45.5 Å². The van der Waals surface area contributed by atoms with Crippen molar-refractivity contribution in [3.05, 3.63) is 18.2 Å². The fraction of sp³-hybridized carbons (Fsp3) is 0.659. The van der Waals surface area contributed by atoms with Crippen molar-refractivity contribution in [1.29, 1.82) is 5.41 Å². The summed E-state index contributed by atoms with van der Waals surface area (Å²) >= 11 is 0. The Hall–Kier alpha value is -6.79. The number of guanidine groups is 1. The molecule has 1 aromatic rings. The molecule has 0 saturated carbocycles. The quantitative estimate of drug-likeness (QED) is 0.0173. The Balaban J connectivity index is 2.26. The molecule has 1 aliphatic heterocycles. The number of nitrogens with two attached hydrogens (primary N) is 7. The highest BCUT2D eigenvalue weighted by molar-refractivity contribution is 6.41. The maximum absolute atomic E-state index is 14.1. The number of aromatic amines is 1. The van der Waals surface area contributed by atoms with Gasteiger partial charge < -0.3 is 87.0 Å². The van der Waals surface area contributed by atoms with E-state index < -0.39 is 109 Å². The van der Waals surface area contributed by atoms with Gasteiger partial charge >= 0.3 is 0 Å². The van der Waals surface area contributed by atoms with Crippen LogP contribution in [0.4, 0.5) is 0 Å². The number of nitrogens with one attached hydrogen (secondary N) is 8. The molecule has 0 unspecified atom stereocenters. The number of aromatic nitrogens is 2. The minimum atomic E-state index is -1.57. The van der Waals surface area contributed by atoms with Gasteiger partial charge in [0, 0.05) is 37.9 Å². The van der Waals surface area contributed by atoms with Crippen LogP contribution in [0.1, 0.15) is 96.1 Å². The second kappa shape index (κ2) is 33.8. The number of hydrogen-bond donors (Lipinski definition) is 16. The van der Waals surface area contributed by atoms with Crippen LogP contribution >= 0.6 is 0 Å². The lowest BCUT2D eigenvalue weighted by molar-refractivity contribution is -0.136. The van der Waals surface area contributed by atoms with Crippen LogP contribution in [0.5, 0.6) is 0 Å². The SMILES string of the molecule is C[C@H](NC(=O)[C@@H](NC(=O)[C@@H](N)CCCCN)[C@@H](O)CN)C(=O)NCC(=O)/N=C(\CCCN)C(=O)N1CCC[C@H]1C(=O)N[C@@H](Cc1cnc[nH]1)C(=O)N[C@@H](CCCCCN)C(=O)/N=C(\CCCNC(=N)N)C(N)=O. The third-order valence-electron chi connectivity index (χ3n) is 11.5. The Bertz CT molecular complexity index is 2070. The molecule has 7 atom stereocenters. The summed E-state index contributed by atoms with van der Waals surface area (Å²) in [5.74, 6) is -7.90. The molecule has 0 radical (unpaired) electrons. The topological polar surface area (TPSA) is 509 Å². The summed E-state index contributed by atoms with van der Waals surface area (Å²) in [6.07, 6.45) is 5.21. The van der Waals surface area contributed by atoms with Gasteiger partial charge in [0.05, 0.1) is 25.0 Å². The number of primary amides is 1. The number of amides is 9. The third kappa shape index (κ3) is 22.7. The summed E-state index contributed by atoms with van der Waals surface area (Å²) in [6, 6.07) is -7.61. The molecule has 0 aromatic carbocycles. The number of hydrogen-bond acceptors (Lipinski definition) is 17. The van der Waals surface area contributed by atoms with E-state index in [1.807, 2.05) is 0 Å². The normalized spacial score (nSPS) is 16.2. The number of unbranched alkanes of at least 4 members (excludes halogenated alkanes) is 3. The first-order chi connectivity index (χ1) is 34.8. The number of carbonyl (C=O) groups excluding carboxylic acids is 9. The van der Waals surface area contributed by atoms with Gasteiger partial charge in [-0.15, -0.1) is 0 Å². The summed E-state index contributed by atoms with van der Waals surface area (Å²) in [5.41, 5.74) is 39.1. The number of aliphatic hydroxyl groups excluding tert-OH is 1. The number of nitrogens with zero attached hydrogens (tertiary/aromatic N) is 4. The van der Waals surface area contributed by atoms with Crippen LogP contribution in [0.15, 0.2) is 22.5 Å². The van der Waals surface area contributed by atoms with Crippen molar-refractivity contribution in [2.24, 2.45) is 50.1 Å². The molecule has 0 bridgehead atoms. The average Bonchev–Trinajstić information content (AvgIpc) is 4.08. The molecule has 1 aliphatic rings. The number of imidazole rings is 1. The minimum Gasteiger partial charge on any atom is -0.389 e. The second-order valence-electron chi connectivity index (χ2n) is 17.4. The molecule has 0 spiro atoms. The zero-order valence-electron chi connectivity index (χ0n) is 41.5. The number of carbonyl (C=O) groups is 9. The average molecular weight is 1030 g/mol. The van der Waals surface area contributed by atoms with E-state index in [0.29, 0.717) is 57.3 Å². The van der Waals surface area contributed by atoms with Crippen LogP contribution in [0.2, 0.25) is 0 Å². The highest BCUT2D eigenvalue weighted by Crippen LogP contribution is 2.20. The first kappa shape index (κ1) is 62.3. The summed E-state index contributed by atoms with van der Waals surface area (Å²) in [6.45, 7) is 1.30. The second-order valence-corrected chi connectivity index (χ2v) is 17.4. The molecule has 73 heavy (non-hydrogen) atoms. The van der Waals surface area contributed by atoms with Gasteiger partial charge in [-0.1, -0.05) is 19.3 Å². The van der Waals surface area contributed by atoms with Gasteiger partial charge in [0.25, 0.3) is 23.6 Å². The summed E-state index contributed by atoms with van der Waals surface area (Å²) in [5, 5.41) is 32.7. The number of rotatable bonds is 34. The van der Waals surface area contributed by atoms with Crippen molar-refractivity contribution in [3.8, 4) is 0 Å². The standard InChI is InChI=1S/C44H77N19O10/c1-25(57-42(72)35(33(64)21-48)62-38(68)27(49)10-4-6-16-46)37(67)55-23-34(65)58-30(12-7-17-47)43(73)63-19-9-14-32(63)41(71)61-31(20-26-22-53-24-56-26)40(70)60-29(11-3-2-5-15-45)39(69)59-28(36(50)66)13-8-18-54-44(51)52/h22,24-25,27,29,31-33,35,64H,2-21,23,45-49H2,1H3,(H2,50,66)(H,53,56)(H,55,67)(H,57,72)(H,60,70)(H,61,71)(H,62,68)(H4,51,52,54)/b58-30+,59-28+/t25-,27-,29-,31-,32-,33-,35-/m0/s1. The Morgan fingerprint density at radius 3 is 2.10 bits per heavy atom. The Morgan fingerprint density at radius 1 is 0.795 bits per heavy atom. The summed E-state index contributed by atoms with van der Waals surface area (Å²) in [7, 11) is 0. The van der Waals surface area contributed by atoms with Crippen LogP contribution in [0.3, 0.4) is 0 Å². The van der Waals surface area contributed by atoms with Gasteiger partial charge in [-0.2, -0.15) is 0 Å². The Kier molecular flexibility index (Phi) is 28.8. The largest absolute Gasteiger partial charge is 0.389 e. The molecular weight excluding hydrogens is 955 g/mol. The lowest BCUT2D eigenvalue weighted by Gasteiger charge is -2.27. The maximum atomic E-state index is 14.1. The minimum absolute atomic E-state index is 0.0323. The molecule has 1 fully saturated rings. The molecule has 23 N–H and O–H groups in total. The van der Waals surface area contributed by atoms with Gasteiger partial charge in [-0.3, -0.25) is 48.6 Å². The predicted octanol–water partition coefficient (Wildman–Crippen LogP) is -6.26. The Labute approximate surface area is 423 Å². The van der Waals surface area contributed by atoms with Gasteiger partial charge in [-0.05, 0) is 90.8 Å². The molecule has 29 nitrogen and oxygen atoms in total. The van der Waals surface area contributed by atoms with Crippen LogP contribution in [-0.4, -0.2) is 179 Å². The molecule has 408 valence electrons. The predicted molar refractivity (Wildman–Crippen MR) is 268 cm³/mol. The van der Waals surface area contributed by atoms with E-state index in [-0.39, 0.29) is 88.4 Å². The van der Waals surface area contributed by atoms with E-state index in [2.05, 4.69) is 51.9 Å². The zero-order chi connectivity index (χ0) is 54.5. The van der Waals surface area contributed by atoms with E-state index >= 15 is 0 Å². The molecular formula is C44H77N19O10. The molecule has 0 aliphatic carbocycles. The van der Waals surface area contributed by atoms with Crippen molar-refractivity contribution < 1.29 is 48.3 Å². The smallest absolute Gasteiger partial charge is 0.269 e. The maximum Gasteiger partial charge on any atom is 0.269 e. The van der Waals surface area contributed by atoms with Crippen molar-refractivity contribution in [2.75, 3.05) is 45.8 Å². The van der Waals surface area contributed by atoms with Crippen molar-refractivity contribution in [2.45, 2.75) is 139 Å². The first-order valence-electron chi connectivity index (χ1n) is 24.4. The molecule has 1 aromatic heterocycles. The van der Waals surface area contributed by atoms with E-state index in [9.17, 15) is 48.3 Å². The van der Waals surface area contributed by atoms with E-state index in [1.54, 1.807) is 0 Å². The van der Waals surface area contributed by atoms with Crippen molar-refractivity contribution >= 4 is 70.5 Å². The first-order valence-corrected chi connectivity index (χ1v) is 24.4. The highest BCUT2D eigenvalue weighted by atomic mass is 16.3.